The summed E-state index contributed by atoms with van der Waals surface area (Å²) in [5.74, 6) is -4.85. The maximum absolute atomic E-state index is 12.2. The number of phenols is 2. The third-order valence-electron chi connectivity index (χ3n) is 4.87. The molecular weight excluding hydrogens is 509 g/mol. The fourth-order valence-corrected chi connectivity index (χ4v) is 4.27. The first-order valence-corrected chi connectivity index (χ1v) is 10.8. The largest absolute Gasteiger partial charge is 0.772 e. The van der Waals surface area contributed by atoms with E-state index in [4.69, 9.17) is 27.9 Å². The topological polar surface area (TPSA) is 206 Å². The summed E-state index contributed by atoms with van der Waals surface area (Å²) in [4.78, 5) is 48.7. The molecule has 0 aromatic heterocycles. The number of aromatic hydroxyl groups is 2. The molecule has 1 fully saturated rings. The van der Waals surface area contributed by atoms with Crippen LogP contribution in [0.4, 0.5) is 4.79 Å². The summed E-state index contributed by atoms with van der Waals surface area (Å²) < 4.78 is 26.3. The van der Waals surface area contributed by atoms with Gasteiger partial charge in [-0.05, 0) is 24.9 Å². The zero-order chi connectivity index (χ0) is 25.2. The van der Waals surface area contributed by atoms with E-state index >= 15 is 0 Å². The second-order valence-electron chi connectivity index (χ2n) is 7.21. The standard InChI is InChI=1S/C17H19Cl2N3O10S/c1-6-3-9(24)22(6)13(15(27)28)17(2,33(30)31)5-32-16(29)21-20-14(26)10-7(18)4-8(23)12(25)11(10)19/h4,6,13,23,25H,3,5H2,1-2H3,(H,20,26)(H,21,29)(H,27,28)(H,30,31)/p-1/t6-,13+,17+/m1/s1. The number of benzene rings is 1. The molecular formula is C17H18Cl2N3O10S-. The summed E-state index contributed by atoms with van der Waals surface area (Å²) in [6.07, 6.45) is -1.35. The molecule has 33 heavy (non-hydrogen) atoms. The fourth-order valence-electron chi connectivity index (χ4n) is 3.10. The number of likely N-dealkylation sites (tertiary alicyclic amines) is 1. The number of carboxylic acid groups (broad SMARTS) is 1. The van der Waals surface area contributed by atoms with Crippen molar-refractivity contribution >= 4 is 58.2 Å². The maximum atomic E-state index is 12.2. The number of nitrogens with one attached hydrogen (secondary N) is 2. The maximum Gasteiger partial charge on any atom is 0.426 e. The number of hydrazine groups is 1. The third-order valence-corrected chi connectivity index (χ3v) is 6.64. The second-order valence-corrected chi connectivity index (χ2v) is 9.40. The Kier molecular flexibility index (Phi) is 8.00. The summed E-state index contributed by atoms with van der Waals surface area (Å²) in [5.41, 5.74) is 3.11. The van der Waals surface area contributed by atoms with Gasteiger partial charge in [0.1, 0.15) is 17.7 Å². The van der Waals surface area contributed by atoms with E-state index in [2.05, 4.69) is 0 Å². The van der Waals surface area contributed by atoms with E-state index in [1.54, 1.807) is 5.43 Å². The van der Waals surface area contributed by atoms with Crippen molar-refractivity contribution in [2.45, 2.75) is 37.1 Å². The van der Waals surface area contributed by atoms with Gasteiger partial charge in [0, 0.05) is 18.5 Å². The molecule has 5 N–H and O–H groups in total. The highest BCUT2D eigenvalue weighted by Gasteiger charge is 2.52. The molecule has 0 saturated carbocycles. The second kappa shape index (κ2) is 9.99. The summed E-state index contributed by atoms with van der Waals surface area (Å²) >= 11 is 8.43. The predicted molar refractivity (Wildman–Crippen MR) is 111 cm³/mol. The molecule has 1 aliphatic rings. The molecule has 16 heteroatoms. The van der Waals surface area contributed by atoms with Gasteiger partial charge in [-0.2, -0.15) is 0 Å². The van der Waals surface area contributed by atoms with Gasteiger partial charge < -0.3 is 29.5 Å². The van der Waals surface area contributed by atoms with Gasteiger partial charge in [0.05, 0.1) is 15.3 Å². The van der Waals surface area contributed by atoms with Crippen LogP contribution in [0.1, 0.15) is 30.6 Å². The number of hydrogen-bond acceptors (Lipinski definition) is 9. The molecule has 1 saturated heterocycles. The molecule has 4 atom stereocenters. The zero-order valence-electron chi connectivity index (χ0n) is 17.0. The molecule has 3 amide bonds. The Hall–Kier alpha value is -2.81. The van der Waals surface area contributed by atoms with Crippen LogP contribution in [0.25, 0.3) is 0 Å². The van der Waals surface area contributed by atoms with Gasteiger partial charge in [0.2, 0.25) is 5.91 Å². The summed E-state index contributed by atoms with van der Waals surface area (Å²) in [7, 11) is 0. The van der Waals surface area contributed by atoms with Crippen molar-refractivity contribution in [2.24, 2.45) is 0 Å². The van der Waals surface area contributed by atoms with Crippen molar-refractivity contribution in [1.82, 2.24) is 15.8 Å². The molecule has 0 aliphatic carbocycles. The molecule has 0 radical (unpaired) electrons. The lowest BCUT2D eigenvalue weighted by atomic mass is 9.92. The Morgan fingerprint density at radius 2 is 1.97 bits per heavy atom. The molecule has 1 unspecified atom stereocenters. The number of carbonyl (C=O) groups is 4. The van der Waals surface area contributed by atoms with Gasteiger partial charge in [-0.25, -0.2) is 15.0 Å². The van der Waals surface area contributed by atoms with Gasteiger partial charge in [-0.15, -0.1) is 0 Å². The molecule has 1 aromatic carbocycles. The van der Waals surface area contributed by atoms with E-state index in [9.17, 15) is 43.3 Å². The quantitative estimate of drug-likeness (QED) is 0.144. The Morgan fingerprint density at radius 1 is 1.36 bits per heavy atom. The molecule has 0 bridgehead atoms. The molecule has 1 aromatic rings. The van der Waals surface area contributed by atoms with Crippen LogP contribution in [0.3, 0.4) is 0 Å². The number of carboxylic acids is 1. The highest BCUT2D eigenvalue weighted by Crippen LogP contribution is 2.39. The van der Waals surface area contributed by atoms with Gasteiger partial charge in [0.15, 0.2) is 11.5 Å². The number of nitrogens with zero attached hydrogens (tertiary/aromatic N) is 1. The summed E-state index contributed by atoms with van der Waals surface area (Å²) in [6, 6.07) is -1.55. The molecule has 1 aliphatic heterocycles. The summed E-state index contributed by atoms with van der Waals surface area (Å²) in [6.45, 7) is 1.53. The predicted octanol–water partition coefficient (Wildman–Crippen LogP) is 0.487. The fraction of sp³-hybridized carbons (Fsp3) is 0.412. The van der Waals surface area contributed by atoms with E-state index in [1.165, 1.54) is 6.92 Å². The molecule has 0 spiro atoms. The van der Waals surface area contributed by atoms with Gasteiger partial charge >= 0.3 is 12.1 Å². The Balaban J connectivity index is 2.09. The molecule has 2 rings (SSSR count). The Bertz CT molecular complexity index is 1040. The minimum absolute atomic E-state index is 0.0384. The van der Waals surface area contributed by atoms with Crippen LogP contribution in [0.5, 0.6) is 11.5 Å². The van der Waals surface area contributed by atoms with Crippen molar-refractivity contribution in [3.05, 3.63) is 21.7 Å². The molecule has 182 valence electrons. The van der Waals surface area contributed by atoms with Crippen molar-refractivity contribution in [3.8, 4) is 11.5 Å². The first kappa shape index (κ1) is 26.4. The number of β-lactam (4-membered cyclic amide) rings is 1. The minimum atomic E-state index is -3.11. The average molecular weight is 527 g/mol. The number of rotatable bonds is 7. The highest BCUT2D eigenvalue weighted by atomic mass is 35.5. The zero-order valence-corrected chi connectivity index (χ0v) is 19.3. The van der Waals surface area contributed by atoms with Crippen LogP contribution in [-0.2, 0) is 25.4 Å². The normalized spacial score (nSPS) is 19.0. The summed E-state index contributed by atoms with van der Waals surface area (Å²) in [5, 5.41) is 27.6. The van der Waals surface area contributed by atoms with E-state index in [0.29, 0.717) is 0 Å². The van der Waals surface area contributed by atoms with Crippen LogP contribution >= 0.6 is 23.2 Å². The van der Waals surface area contributed by atoms with Crippen molar-refractivity contribution in [3.63, 3.8) is 0 Å². The lowest BCUT2D eigenvalue weighted by Gasteiger charge is -2.49. The lowest BCUT2D eigenvalue weighted by Crippen LogP contribution is -2.68. The van der Waals surface area contributed by atoms with Gasteiger partial charge in [-0.1, -0.05) is 23.2 Å². The number of carbonyl (C=O) groups excluding carboxylic acids is 3. The van der Waals surface area contributed by atoms with Gasteiger partial charge in [-0.3, -0.25) is 19.2 Å². The number of amides is 3. The average Bonchev–Trinajstić information content (AvgIpc) is 2.72. The van der Waals surface area contributed by atoms with Crippen LogP contribution in [0, 0.1) is 0 Å². The number of ether oxygens (including phenoxy) is 1. The van der Waals surface area contributed by atoms with E-state index < -0.39 is 80.5 Å². The third kappa shape index (κ3) is 5.24. The smallest absolute Gasteiger partial charge is 0.426 e. The van der Waals surface area contributed by atoms with Crippen LogP contribution in [0.2, 0.25) is 10.0 Å². The van der Waals surface area contributed by atoms with Gasteiger partial charge in [0.25, 0.3) is 5.91 Å². The van der Waals surface area contributed by atoms with Crippen LogP contribution < -0.4 is 10.9 Å². The number of halogens is 2. The first-order chi connectivity index (χ1) is 15.2. The SMILES string of the molecule is C[C@@H]1CC(=O)N1[C@@H](C(=O)O)[C@](C)(COC(=O)NNC(=O)c1c(Cl)cc(O)c(O)c1Cl)S(=O)[O-]. The molecule has 1 heterocycles. The van der Waals surface area contributed by atoms with Crippen molar-refractivity contribution in [1.29, 1.82) is 0 Å². The number of phenolic OH excluding ortho intramolecular Hbond substituents is 2. The van der Waals surface area contributed by atoms with Crippen molar-refractivity contribution < 1.29 is 48.0 Å². The Labute approximate surface area is 198 Å². The van der Waals surface area contributed by atoms with E-state index in [-0.39, 0.29) is 11.4 Å². The molecule has 13 nitrogen and oxygen atoms in total. The monoisotopic (exact) mass is 526 g/mol. The minimum Gasteiger partial charge on any atom is -0.772 e. The highest BCUT2D eigenvalue weighted by molar-refractivity contribution is 7.80. The number of hydrogen-bond donors (Lipinski definition) is 5. The number of aliphatic carboxylic acids is 1. The first-order valence-electron chi connectivity index (χ1n) is 8.98. The Morgan fingerprint density at radius 3 is 2.45 bits per heavy atom. The van der Waals surface area contributed by atoms with Crippen LogP contribution in [-0.4, -0.2) is 76.3 Å². The van der Waals surface area contributed by atoms with E-state index in [0.717, 1.165) is 17.9 Å². The van der Waals surface area contributed by atoms with Crippen molar-refractivity contribution in [2.75, 3.05) is 6.61 Å². The van der Waals surface area contributed by atoms with E-state index in [1.807, 2.05) is 5.43 Å². The van der Waals surface area contributed by atoms with Crippen LogP contribution in [0.15, 0.2) is 6.07 Å². The lowest BCUT2D eigenvalue weighted by molar-refractivity contribution is -0.163.